The van der Waals surface area contributed by atoms with Gasteiger partial charge in [-0.25, -0.2) is 0 Å². The molecule has 2 aromatic heterocycles. The van der Waals surface area contributed by atoms with Crippen molar-refractivity contribution in [2.75, 3.05) is 0 Å². The number of thiophene rings is 1. The van der Waals surface area contributed by atoms with E-state index in [2.05, 4.69) is 15.9 Å². The zero-order chi connectivity index (χ0) is 12.6. The standard InChI is InChI=1S/C10H7BrClNO3S/c1-5-4-6(11)10(17-5)9(12)7-2-3-8(16-7)13(14)15/h2-4,9H,1H3. The molecule has 4 nitrogen and oxygen atoms in total. The second-order valence-corrected chi connectivity index (χ2v) is 5.94. The molecule has 0 aromatic carbocycles. The van der Waals surface area contributed by atoms with Gasteiger partial charge in [-0.05, 0) is 35.0 Å². The molecule has 0 saturated carbocycles. The summed E-state index contributed by atoms with van der Waals surface area (Å²) in [7, 11) is 0. The van der Waals surface area contributed by atoms with E-state index in [4.69, 9.17) is 16.0 Å². The Bertz CT molecular complexity index is 566. The van der Waals surface area contributed by atoms with E-state index in [0.29, 0.717) is 5.76 Å². The van der Waals surface area contributed by atoms with Crippen molar-refractivity contribution < 1.29 is 9.34 Å². The lowest BCUT2D eigenvalue weighted by Crippen LogP contribution is -1.88. The van der Waals surface area contributed by atoms with Gasteiger partial charge in [-0.15, -0.1) is 22.9 Å². The summed E-state index contributed by atoms with van der Waals surface area (Å²) in [6, 6.07) is 4.78. The van der Waals surface area contributed by atoms with Gasteiger partial charge in [0.25, 0.3) is 0 Å². The maximum atomic E-state index is 10.5. The molecule has 0 bridgehead atoms. The van der Waals surface area contributed by atoms with E-state index in [9.17, 15) is 10.1 Å². The van der Waals surface area contributed by atoms with Gasteiger partial charge in [-0.3, -0.25) is 10.1 Å². The number of alkyl halides is 1. The Morgan fingerprint density at radius 3 is 2.76 bits per heavy atom. The molecule has 17 heavy (non-hydrogen) atoms. The third-order valence-corrected chi connectivity index (χ3v) is 4.71. The predicted octanol–water partition coefficient (Wildman–Crippen LogP) is 4.65. The van der Waals surface area contributed by atoms with Crippen molar-refractivity contribution >= 4 is 44.8 Å². The number of rotatable bonds is 3. The fourth-order valence-corrected chi connectivity index (χ4v) is 3.75. The Kier molecular flexibility index (Phi) is 3.56. The number of aryl methyl sites for hydroxylation is 1. The summed E-state index contributed by atoms with van der Waals surface area (Å²) in [6.45, 7) is 1.97. The van der Waals surface area contributed by atoms with Crippen LogP contribution in [0.5, 0.6) is 0 Å². The Labute approximate surface area is 114 Å². The zero-order valence-electron chi connectivity index (χ0n) is 8.65. The lowest BCUT2D eigenvalue weighted by molar-refractivity contribution is -0.402. The lowest BCUT2D eigenvalue weighted by Gasteiger charge is -2.03. The highest BCUT2D eigenvalue weighted by Gasteiger charge is 2.22. The summed E-state index contributed by atoms with van der Waals surface area (Å²) in [5.41, 5.74) is 0. The van der Waals surface area contributed by atoms with Crippen molar-refractivity contribution in [2.24, 2.45) is 0 Å². The molecule has 2 aromatic rings. The van der Waals surface area contributed by atoms with Crippen LogP contribution in [0.3, 0.4) is 0 Å². The van der Waals surface area contributed by atoms with Crippen LogP contribution in [0.15, 0.2) is 27.1 Å². The highest BCUT2D eigenvalue weighted by Crippen LogP contribution is 2.40. The largest absolute Gasteiger partial charge is 0.433 e. The molecule has 7 heteroatoms. The zero-order valence-corrected chi connectivity index (χ0v) is 11.8. The van der Waals surface area contributed by atoms with Gasteiger partial charge in [0.05, 0.1) is 6.07 Å². The molecular weight excluding hydrogens is 330 g/mol. The van der Waals surface area contributed by atoms with Crippen LogP contribution in [0.2, 0.25) is 0 Å². The van der Waals surface area contributed by atoms with Gasteiger partial charge in [0.2, 0.25) is 0 Å². The minimum atomic E-state index is -0.582. The van der Waals surface area contributed by atoms with E-state index in [0.717, 1.165) is 14.2 Å². The van der Waals surface area contributed by atoms with Crippen molar-refractivity contribution in [3.63, 3.8) is 0 Å². The highest BCUT2D eigenvalue weighted by molar-refractivity contribution is 9.10. The van der Waals surface area contributed by atoms with Crippen molar-refractivity contribution in [3.05, 3.63) is 48.3 Å². The Hall–Kier alpha value is -0.850. The fraction of sp³-hybridized carbons (Fsp3) is 0.200. The lowest BCUT2D eigenvalue weighted by atomic mass is 10.3. The molecule has 0 saturated heterocycles. The first-order chi connectivity index (χ1) is 7.99. The van der Waals surface area contributed by atoms with Crippen LogP contribution in [-0.2, 0) is 0 Å². The third-order valence-electron chi connectivity index (χ3n) is 2.11. The Morgan fingerprint density at radius 1 is 1.59 bits per heavy atom. The number of hydrogen-bond acceptors (Lipinski definition) is 4. The molecule has 0 aliphatic rings. The molecule has 0 fully saturated rings. The number of furan rings is 1. The number of nitro groups is 1. The average molecular weight is 337 g/mol. The van der Waals surface area contributed by atoms with E-state index in [1.807, 2.05) is 13.0 Å². The van der Waals surface area contributed by atoms with Crippen LogP contribution < -0.4 is 0 Å². The second kappa shape index (κ2) is 4.80. The summed E-state index contributed by atoms with van der Waals surface area (Å²) in [5, 5.41) is 9.99. The quantitative estimate of drug-likeness (QED) is 0.466. The molecule has 0 N–H and O–H groups in total. The van der Waals surface area contributed by atoms with Crippen molar-refractivity contribution in [3.8, 4) is 0 Å². The van der Waals surface area contributed by atoms with Crippen molar-refractivity contribution in [1.29, 1.82) is 0 Å². The molecule has 0 radical (unpaired) electrons. The van der Waals surface area contributed by atoms with E-state index >= 15 is 0 Å². The topological polar surface area (TPSA) is 56.3 Å². The monoisotopic (exact) mass is 335 g/mol. The van der Waals surface area contributed by atoms with Crippen LogP contribution in [-0.4, -0.2) is 4.92 Å². The van der Waals surface area contributed by atoms with Gasteiger partial charge in [0.15, 0.2) is 0 Å². The van der Waals surface area contributed by atoms with Crippen molar-refractivity contribution in [2.45, 2.75) is 12.3 Å². The van der Waals surface area contributed by atoms with Crippen LogP contribution in [0.4, 0.5) is 5.88 Å². The maximum absolute atomic E-state index is 10.5. The molecule has 0 spiro atoms. The molecule has 90 valence electrons. The summed E-state index contributed by atoms with van der Waals surface area (Å²) in [6.07, 6.45) is 0. The number of nitrogens with zero attached hydrogens (tertiary/aromatic N) is 1. The van der Waals surface area contributed by atoms with Gasteiger partial charge < -0.3 is 4.42 Å². The number of halogens is 2. The third kappa shape index (κ3) is 2.53. The molecule has 2 rings (SSSR count). The summed E-state index contributed by atoms with van der Waals surface area (Å²) in [5.74, 6) is 0.0796. The Morgan fingerprint density at radius 2 is 2.29 bits per heavy atom. The Balaban J connectivity index is 2.33. The van der Waals surface area contributed by atoms with Gasteiger partial charge in [0.1, 0.15) is 16.1 Å². The SMILES string of the molecule is Cc1cc(Br)c(C(Cl)c2ccc([N+](=O)[O-])o2)s1. The average Bonchev–Trinajstić information content (AvgIpc) is 2.84. The molecule has 1 atom stereocenters. The maximum Gasteiger partial charge on any atom is 0.433 e. The summed E-state index contributed by atoms with van der Waals surface area (Å²) >= 11 is 11.2. The summed E-state index contributed by atoms with van der Waals surface area (Å²) < 4.78 is 5.97. The van der Waals surface area contributed by atoms with Gasteiger partial charge in [0, 0.05) is 14.2 Å². The van der Waals surface area contributed by atoms with E-state index in [-0.39, 0.29) is 5.88 Å². The van der Waals surface area contributed by atoms with E-state index in [1.54, 1.807) is 0 Å². The predicted molar refractivity (Wildman–Crippen MR) is 69.8 cm³/mol. The van der Waals surface area contributed by atoms with Gasteiger partial charge >= 0.3 is 5.88 Å². The highest BCUT2D eigenvalue weighted by atomic mass is 79.9. The first-order valence-corrected chi connectivity index (χ1v) is 6.67. The van der Waals surface area contributed by atoms with Crippen LogP contribution in [0.1, 0.15) is 20.9 Å². The molecular formula is C10H7BrClNO3S. The molecule has 0 amide bonds. The smallest absolute Gasteiger partial charge is 0.404 e. The first kappa shape index (κ1) is 12.6. The van der Waals surface area contributed by atoms with Crippen LogP contribution in [0.25, 0.3) is 0 Å². The molecule has 0 aliphatic heterocycles. The van der Waals surface area contributed by atoms with Crippen molar-refractivity contribution in [1.82, 2.24) is 0 Å². The molecule has 2 heterocycles. The van der Waals surface area contributed by atoms with Gasteiger partial charge in [-0.1, -0.05) is 0 Å². The van der Waals surface area contributed by atoms with E-state index < -0.39 is 10.3 Å². The minimum absolute atomic E-state index is 0.296. The van der Waals surface area contributed by atoms with E-state index in [1.165, 1.54) is 23.5 Å². The van der Waals surface area contributed by atoms with Crippen LogP contribution in [0, 0.1) is 17.0 Å². The minimum Gasteiger partial charge on any atom is -0.404 e. The fourth-order valence-electron chi connectivity index (χ4n) is 1.38. The normalized spacial score (nSPS) is 12.6. The number of hydrogen-bond donors (Lipinski definition) is 0. The summed E-state index contributed by atoms with van der Waals surface area (Å²) in [4.78, 5) is 11.9. The van der Waals surface area contributed by atoms with Crippen LogP contribution >= 0.6 is 38.9 Å². The molecule has 0 aliphatic carbocycles. The second-order valence-electron chi connectivity index (χ2n) is 3.36. The van der Waals surface area contributed by atoms with Gasteiger partial charge in [-0.2, -0.15) is 0 Å². The molecule has 1 unspecified atom stereocenters. The first-order valence-electron chi connectivity index (χ1n) is 4.63.